The zero-order chi connectivity index (χ0) is 12.8. The SMILES string of the molecule is O=C(N/N=C\[C@H]1C[C@H]2CC[C@@H]1C2)[C@H]1C[C@@H]2CC[C@H]1C2. The minimum atomic E-state index is 0.187. The molecule has 4 fully saturated rings. The van der Waals surface area contributed by atoms with Crippen LogP contribution in [-0.4, -0.2) is 12.1 Å². The van der Waals surface area contributed by atoms with Crippen molar-refractivity contribution in [3.63, 3.8) is 0 Å². The highest BCUT2D eigenvalue weighted by Gasteiger charge is 2.43. The van der Waals surface area contributed by atoms with Crippen molar-refractivity contribution in [2.24, 2.45) is 40.6 Å². The van der Waals surface area contributed by atoms with E-state index in [4.69, 9.17) is 0 Å². The van der Waals surface area contributed by atoms with Gasteiger partial charge in [-0.2, -0.15) is 5.10 Å². The van der Waals surface area contributed by atoms with Crippen LogP contribution in [0.3, 0.4) is 0 Å². The van der Waals surface area contributed by atoms with Crippen molar-refractivity contribution < 1.29 is 4.79 Å². The summed E-state index contributed by atoms with van der Waals surface area (Å²) in [6, 6.07) is 0. The highest BCUT2D eigenvalue weighted by molar-refractivity contribution is 5.80. The molecule has 6 atom stereocenters. The molecule has 19 heavy (non-hydrogen) atoms. The number of rotatable bonds is 3. The predicted molar refractivity (Wildman–Crippen MR) is 74.5 cm³/mol. The minimum absolute atomic E-state index is 0.187. The van der Waals surface area contributed by atoms with Gasteiger partial charge in [-0.1, -0.05) is 12.8 Å². The topological polar surface area (TPSA) is 41.5 Å². The monoisotopic (exact) mass is 260 g/mol. The number of carbonyl (C=O) groups is 1. The average Bonchev–Trinajstić information content (AvgIpc) is 3.18. The van der Waals surface area contributed by atoms with Crippen LogP contribution in [-0.2, 0) is 4.79 Å². The Hall–Kier alpha value is -0.860. The zero-order valence-corrected chi connectivity index (χ0v) is 11.6. The first-order valence-electron chi connectivity index (χ1n) is 8.12. The summed E-state index contributed by atoms with van der Waals surface area (Å²) < 4.78 is 0. The minimum Gasteiger partial charge on any atom is -0.273 e. The van der Waals surface area contributed by atoms with Crippen molar-refractivity contribution in [3.05, 3.63) is 0 Å². The predicted octanol–water partition coefficient (Wildman–Crippen LogP) is 2.96. The molecule has 0 aromatic carbocycles. The van der Waals surface area contributed by atoms with E-state index in [9.17, 15) is 4.79 Å². The standard InChI is InChI=1S/C16H24N2O/c19-16(15-8-11-2-4-13(15)6-11)18-17-9-14-7-10-1-3-12(14)5-10/h9-15H,1-8H2,(H,18,19)/b17-9-/t10-,11+,12+,13-,14+,15-/m0/s1. The fourth-order valence-corrected chi connectivity index (χ4v) is 5.32. The molecule has 104 valence electrons. The third kappa shape index (κ3) is 2.11. The lowest BCUT2D eigenvalue weighted by molar-refractivity contribution is -0.126. The molecule has 4 rings (SSSR count). The molecule has 0 aromatic heterocycles. The summed E-state index contributed by atoms with van der Waals surface area (Å²) in [5, 5.41) is 4.28. The van der Waals surface area contributed by atoms with Gasteiger partial charge in [0.15, 0.2) is 0 Å². The molecule has 0 heterocycles. The Bertz CT molecular complexity index is 406. The molecule has 0 aromatic rings. The number of nitrogens with zero attached hydrogens (tertiary/aromatic N) is 1. The van der Waals surface area contributed by atoms with Gasteiger partial charge in [0.1, 0.15) is 0 Å². The molecule has 1 N–H and O–H groups in total. The fraction of sp³-hybridized carbons (Fsp3) is 0.875. The van der Waals surface area contributed by atoms with Gasteiger partial charge in [-0.3, -0.25) is 4.79 Å². The molecule has 3 nitrogen and oxygen atoms in total. The van der Waals surface area contributed by atoms with Crippen LogP contribution in [0.15, 0.2) is 5.10 Å². The lowest BCUT2D eigenvalue weighted by atomic mass is 9.88. The first-order valence-corrected chi connectivity index (χ1v) is 8.12. The van der Waals surface area contributed by atoms with Gasteiger partial charge in [0, 0.05) is 12.1 Å². The Kier molecular flexibility index (Phi) is 2.89. The van der Waals surface area contributed by atoms with E-state index < -0.39 is 0 Å². The van der Waals surface area contributed by atoms with Gasteiger partial charge in [-0.25, -0.2) is 5.43 Å². The van der Waals surface area contributed by atoms with E-state index in [1.54, 1.807) is 0 Å². The van der Waals surface area contributed by atoms with E-state index in [1.165, 1.54) is 44.9 Å². The van der Waals surface area contributed by atoms with Crippen molar-refractivity contribution in [2.75, 3.05) is 0 Å². The summed E-state index contributed by atoms with van der Waals surface area (Å²) in [5.74, 6) is 4.37. The van der Waals surface area contributed by atoms with Gasteiger partial charge in [0.25, 0.3) is 0 Å². The number of amides is 1. The van der Waals surface area contributed by atoms with E-state index in [1.807, 2.05) is 6.21 Å². The molecule has 4 saturated carbocycles. The van der Waals surface area contributed by atoms with Crippen LogP contribution in [0, 0.1) is 35.5 Å². The van der Waals surface area contributed by atoms with Crippen molar-refractivity contribution in [1.29, 1.82) is 0 Å². The van der Waals surface area contributed by atoms with Gasteiger partial charge in [0.2, 0.25) is 5.91 Å². The normalized spacial score (nSPS) is 47.4. The molecule has 4 bridgehead atoms. The molecule has 0 aliphatic heterocycles. The molecule has 4 aliphatic rings. The number of hydrazone groups is 1. The lowest BCUT2D eigenvalue weighted by Gasteiger charge is -2.20. The molecule has 0 unspecified atom stereocenters. The van der Waals surface area contributed by atoms with E-state index in [0.29, 0.717) is 11.8 Å². The third-order valence-corrected chi connectivity index (χ3v) is 6.31. The van der Waals surface area contributed by atoms with E-state index in [2.05, 4.69) is 10.5 Å². The van der Waals surface area contributed by atoms with Gasteiger partial charge in [-0.05, 0) is 68.1 Å². The van der Waals surface area contributed by atoms with Crippen LogP contribution in [0.5, 0.6) is 0 Å². The number of carbonyl (C=O) groups excluding carboxylic acids is 1. The lowest BCUT2D eigenvalue weighted by Crippen LogP contribution is -2.31. The van der Waals surface area contributed by atoms with Gasteiger partial charge >= 0.3 is 0 Å². The number of hydrogen-bond acceptors (Lipinski definition) is 2. The van der Waals surface area contributed by atoms with Gasteiger partial charge < -0.3 is 0 Å². The highest BCUT2D eigenvalue weighted by Crippen LogP contribution is 2.48. The Morgan fingerprint density at radius 3 is 2.26 bits per heavy atom. The van der Waals surface area contributed by atoms with Crippen molar-refractivity contribution in [2.45, 2.75) is 51.4 Å². The summed E-state index contributed by atoms with van der Waals surface area (Å²) in [4.78, 5) is 12.1. The number of nitrogens with one attached hydrogen (secondary N) is 1. The van der Waals surface area contributed by atoms with Crippen LogP contribution in [0.4, 0.5) is 0 Å². The molecular formula is C16H24N2O. The van der Waals surface area contributed by atoms with Crippen LogP contribution < -0.4 is 5.43 Å². The first-order chi connectivity index (χ1) is 9.29. The third-order valence-electron chi connectivity index (χ3n) is 6.31. The Balaban J connectivity index is 1.29. The fourth-order valence-electron chi connectivity index (χ4n) is 5.32. The van der Waals surface area contributed by atoms with Crippen molar-refractivity contribution in [3.8, 4) is 0 Å². The molecule has 0 radical (unpaired) electrons. The average molecular weight is 260 g/mol. The van der Waals surface area contributed by atoms with Gasteiger partial charge in [-0.15, -0.1) is 0 Å². The zero-order valence-electron chi connectivity index (χ0n) is 11.6. The van der Waals surface area contributed by atoms with E-state index in [-0.39, 0.29) is 11.8 Å². The van der Waals surface area contributed by atoms with Crippen molar-refractivity contribution in [1.82, 2.24) is 5.43 Å². The van der Waals surface area contributed by atoms with Gasteiger partial charge in [0.05, 0.1) is 0 Å². The second-order valence-corrected chi connectivity index (χ2v) is 7.37. The molecule has 4 aliphatic carbocycles. The quantitative estimate of drug-likeness (QED) is 0.615. The molecule has 0 saturated heterocycles. The number of fused-ring (bicyclic) bond motifs is 4. The Morgan fingerprint density at radius 2 is 1.68 bits per heavy atom. The molecule has 1 amide bonds. The summed E-state index contributed by atoms with van der Waals surface area (Å²) in [5.41, 5.74) is 2.83. The second-order valence-electron chi connectivity index (χ2n) is 7.37. The summed E-state index contributed by atoms with van der Waals surface area (Å²) in [7, 11) is 0. The highest BCUT2D eigenvalue weighted by atomic mass is 16.2. The first kappa shape index (κ1) is 11.9. The Morgan fingerprint density at radius 1 is 0.947 bits per heavy atom. The molecule has 0 spiro atoms. The second kappa shape index (κ2) is 4.60. The van der Waals surface area contributed by atoms with Crippen molar-refractivity contribution >= 4 is 12.1 Å². The maximum atomic E-state index is 12.1. The molecular weight excluding hydrogens is 236 g/mol. The van der Waals surface area contributed by atoms with Crippen LogP contribution >= 0.6 is 0 Å². The van der Waals surface area contributed by atoms with Crippen LogP contribution in [0.25, 0.3) is 0 Å². The summed E-state index contributed by atoms with van der Waals surface area (Å²) in [6.07, 6.45) is 12.5. The van der Waals surface area contributed by atoms with Crippen LogP contribution in [0.1, 0.15) is 51.4 Å². The largest absolute Gasteiger partial charge is 0.273 e. The van der Waals surface area contributed by atoms with E-state index in [0.717, 1.165) is 24.2 Å². The maximum absolute atomic E-state index is 12.1. The summed E-state index contributed by atoms with van der Waals surface area (Å²) >= 11 is 0. The summed E-state index contributed by atoms with van der Waals surface area (Å²) in [6.45, 7) is 0. The molecule has 3 heteroatoms. The number of hydrogen-bond donors (Lipinski definition) is 1. The Labute approximate surface area is 115 Å². The van der Waals surface area contributed by atoms with Crippen LogP contribution in [0.2, 0.25) is 0 Å². The maximum Gasteiger partial charge on any atom is 0.243 e. The smallest absolute Gasteiger partial charge is 0.243 e. The van der Waals surface area contributed by atoms with E-state index >= 15 is 0 Å².